The minimum atomic E-state index is -2.37. The standard InChI is InChI=1S/C22H32O2Si/c1-5-17-23-18-12-19-24-25(22(2,3)4,20-13-8-6-9-14-20)21-15-10-7-11-16-21/h6-11,13-16H,5,12,17-19H2,1-4H3. The molecule has 0 bridgehead atoms. The molecule has 0 radical (unpaired) electrons. The van der Waals surface area contributed by atoms with E-state index in [2.05, 4.69) is 88.4 Å². The van der Waals surface area contributed by atoms with Crippen LogP contribution < -0.4 is 10.4 Å². The molecule has 0 spiro atoms. The average molecular weight is 357 g/mol. The van der Waals surface area contributed by atoms with E-state index < -0.39 is 8.32 Å². The molecule has 0 saturated heterocycles. The molecule has 25 heavy (non-hydrogen) atoms. The van der Waals surface area contributed by atoms with E-state index in [1.165, 1.54) is 10.4 Å². The van der Waals surface area contributed by atoms with Crippen LogP contribution in [0.15, 0.2) is 60.7 Å². The number of benzene rings is 2. The van der Waals surface area contributed by atoms with Crippen molar-refractivity contribution in [3.63, 3.8) is 0 Å². The van der Waals surface area contributed by atoms with Gasteiger partial charge in [-0.2, -0.15) is 0 Å². The van der Waals surface area contributed by atoms with Crippen LogP contribution in [0.25, 0.3) is 0 Å². The summed E-state index contributed by atoms with van der Waals surface area (Å²) in [4.78, 5) is 0. The van der Waals surface area contributed by atoms with E-state index in [-0.39, 0.29) is 5.04 Å². The van der Waals surface area contributed by atoms with Gasteiger partial charge in [0.1, 0.15) is 0 Å². The van der Waals surface area contributed by atoms with Crippen LogP contribution in [0.5, 0.6) is 0 Å². The van der Waals surface area contributed by atoms with Gasteiger partial charge in [-0.25, -0.2) is 0 Å². The van der Waals surface area contributed by atoms with Crippen LogP contribution in [-0.2, 0) is 9.16 Å². The van der Waals surface area contributed by atoms with Crippen molar-refractivity contribution in [2.75, 3.05) is 19.8 Å². The van der Waals surface area contributed by atoms with E-state index in [1.54, 1.807) is 0 Å². The summed E-state index contributed by atoms with van der Waals surface area (Å²) in [5.41, 5.74) is 0. The number of rotatable bonds is 9. The largest absolute Gasteiger partial charge is 0.407 e. The van der Waals surface area contributed by atoms with Gasteiger partial charge in [-0.15, -0.1) is 0 Å². The molecule has 0 aliphatic carbocycles. The Kier molecular flexibility index (Phi) is 7.42. The molecule has 0 aliphatic heterocycles. The summed E-state index contributed by atoms with van der Waals surface area (Å²) in [5.74, 6) is 0. The predicted octanol–water partition coefficient (Wildman–Crippen LogP) is 4.38. The zero-order chi connectivity index (χ0) is 18.2. The van der Waals surface area contributed by atoms with Gasteiger partial charge in [0.25, 0.3) is 8.32 Å². The Morgan fingerprint density at radius 1 is 0.760 bits per heavy atom. The van der Waals surface area contributed by atoms with Crippen molar-refractivity contribution < 1.29 is 9.16 Å². The van der Waals surface area contributed by atoms with Crippen LogP contribution in [0, 0.1) is 0 Å². The fraction of sp³-hybridized carbons (Fsp3) is 0.455. The summed E-state index contributed by atoms with van der Waals surface area (Å²) in [6, 6.07) is 21.6. The highest BCUT2D eigenvalue weighted by atomic mass is 28.4. The third kappa shape index (κ3) is 4.81. The first kappa shape index (κ1) is 19.9. The summed E-state index contributed by atoms with van der Waals surface area (Å²) in [5, 5.41) is 2.71. The quantitative estimate of drug-likeness (QED) is 0.490. The highest BCUT2D eigenvalue weighted by Crippen LogP contribution is 2.36. The lowest BCUT2D eigenvalue weighted by Crippen LogP contribution is -2.66. The van der Waals surface area contributed by atoms with E-state index in [0.29, 0.717) is 0 Å². The Balaban J connectivity index is 2.33. The normalized spacial score (nSPS) is 12.3. The van der Waals surface area contributed by atoms with Gasteiger partial charge in [0, 0.05) is 19.8 Å². The van der Waals surface area contributed by atoms with Gasteiger partial charge >= 0.3 is 0 Å². The Morgan fingerprint density at radius 2 is 1.28 bits per heavy atom. The lowest BCUT2D eigenvalue weighted by molar-refractivity contribution is 0.118. The molecule has 2 aromatic rings. The first-order chi connectivity index (χ1) is 12.0. The van der Waals surface area contributed by atoms with E-state index in [1.807, 2.05) is 0 Å². The molecule has 0 aliphatic rings. The second-order valence-corrected chi connectivity index (χ2v) is 11.8. The van der Waals surface area contributed by atoms with Crippen molar-refractivity contribution in [1.82, 2.24) is 0 Å². The smallest absolute Gasteiger partial charge is 0.261 e. The van der Waals surface area contributed by atoms with Gasteiger partial charge in [0.05, 0.1) is 0 Å². The van der Waals surface area contributed by atoms with E-state index in [0.717, 1.165) is 32.7 Å². The van der Waals surface area contributed by atoms with Gasteiger partial charge in [0.15, 0.2) is 0 Å². The van der Waals surface area contributed by atoms with Gasteiger partial charge in [-0.1, -0.05) is 88.4 Å². The topological polar surface area (TPSA) is 18.5 Å². The number of hydrogen-bond acceptors (Lipinski definition) is 2. The second kappa shape index (κ2) is 9.32. The molecule has 0 saturated carbocycles. The lowest BCUT2D eigenvalue weighted by atomic mass is 10.2. The van der Waals surface area contributed by atoms with E-state index in [4.69, 9.17) is 9.16 Å². The minimum absolute atomic E-state index is 0.0416. The fourth-order valence-electron chi connectivity index (χ4n) is 3.39. The third-order valence-corrected chi connectivity index (χ3v) is 9.56. The van der Waals surface area contributed by atoms with E-state index >= 15 is 0 Å². The first-order valence-electron chi connectivity index (χ1n) is 9.35. The highest BCUT2D eigenvalue weighted by molar-refractivity contribution is 6.99. The molecule has 0 amide bonds. The molecular formula is C22H32O2Si. The lowest BCUT2D eigenvalue weighted by Gasteiger charge is -2.43. The average Bonchev–Trinajstić information content (AvgIpc) is 2.62. The summed E-state index contributed by atoms with van der Waals surface area (Å²) < 4.78 is 12.4. The van der Waals surface area contributed by atoms with Crippen LogP contribution in [-0.4, -0.2) is 28.1 Å². The Bertz CT molecular complexity index is 565. The molecule has 0 N–H and O–H groups in total. The molecule has 2 rings (SSSR count). The minimum Gasteiger partial charge on any atom is -0.407 e. The van der Waals surface area contributed by atoms with Gasteiger partial charge < -0.3 is 9.16 Å². The Morgan fingerprint density at radius 3 is 1.72 bits per heavy atom. The second-order valence-electron chi connectivity index (χ2n) is 7.48. The Labute approximate surface area is 154 Å². The Hall–Kier alpha value is -1.42. The SMILES string of the molecule is CCCOCCCO[Si](c1ccccc1)(c1ccccc1)C(C)(C)C. The maximum absolute atomic E-state index is 6.81. The van der Waals surface area contributed by atoms with Crippen LogP contribution in [0.3, 0.4) is 0 Å². The monoisotopic (exact) mass is 356 g/mol. The molecule has 0 unspecified atom stereocenters. The maximum Gasteiger partial charge on any atom is 0.261 e. The molecule has 0 atom stereocenters. The zero-order valence-electron chi connectivity index (χ0n) is 16.1. The van der Waals surface area contributed by atoms with Crippen LogP contribution in [0.2, 0.25) is 5.04 Å². The van der Waals surface area contributed by atoms with Crippen LogP contribution in [0.4, 0.5) is 0 Å². The van der Waals surface area contributed by atoms with Crippen molar-refractivity contribution in [3.05, 3.63) is 60.7 Å². The van der Waals surface area contributed by atoms with Crippen LogP contribution >= 0.6 is 0 Å². The number of hydrogen-bond donors (Lipinski definition) is 0. The molecule has 3 heteroatoms. The van der Waals surface area contributed by atoms with Crippen molar-refractivity contribution in [1.29, 1.82) is 0 Å². The van der Waals surface area contributed by atoms with Crippen LogP contribution in [0.1, 0.15) is 40.5 Å². The highest BCUT2D eigenvalue weighted by Gasteiger charge is 2.49. The zero-order valence-corrected chi connectivity index (χ0v) is 17.1. The first-order valence-corrected chi connectivity index (χ1v) is 11.3. The molecule has 2 aromatic carbocycles. The summed E-state index contributed by atoms with van der Waals surface area (Å²) in [6.07, 6.45) is 2.00. The van der Waals surface area contributed by atoms with Gasteiger partial charge in [-0.05, 0) is 28.3 Å². The number of ether oxygens (including phenoxy) is 1. The van der Waals surface area contributed by atoms with Crippen molar-refractivity contribution in [3.8, 4) is 0 Å². The van der Waals surface area contributed by atoms with Gasteiger partial charge in [0.2, 0.25) is 0 Å². The maximum atomic E-state index is 6.81. The molecule has 2 nitrogen and oxygen atoms in total. The predicted molar refractivity (Wildman–Crippen MR) is 109 cm³/mol. The molecule has 0 aromatic heterocycles. The fourth-order valence-corrected chi connectivity index (χ4v) is 8.00. The van der Waals surface area contributed by atoms with Crippen molar-refractivity contribution in [2.45, 2.75) is 45.6 Å². The summed E-state index contributed by atoms with van der Waals surface area (Å²) in [7, 11) is -2.37. The van der Waals surface area contributed by atoms with E-state index in [9.17, 15) is 0 Å². The third-order valence-electron chi connectivity index (χ3n) is 4.52. The van der Waals surface area contributed by atoms with Crippen molar-refractivity contribution >= 4 is 18.7 Å². The molecule has 136 valence electrons. The van der Waals surface area contributed by atoms with Gasteiger partial charge in [-0.3, -0.25) is 0 Å². The molecular weight excluding hydrogens is 324 g/mol. The summed E-state index contributed by atoms with van der Waals surface area (Å²) in [6.45, 7) is 11.4. The summed E-state index contributed by atoms with van der Waals surface area (Å²) >= 11 is 0. The van der Waals surface area contributed by atoms with Crippen molar-refractivity contribution in [2.24, 2.45) is 0 Å². The molecule has 0 fully saturated rings. The molecule has 0 heterocycles.